The Labute approximate surface area is 100 Å². The smallest absolute Gasteiger partial charge is 0.314 e. The van der Waals surface area contributed by atoms with Crippen LogP contribution in [0.1, 0.15) is 49.1 Å². The van der Waals surface area contributed by atoms with Gasteiger partial charge in [-0.1, -0.05) is 19.3 Å². The molecule has 0 aromatic carbocycles. The molecule has 5 heteroatoms. The van der Waals surface area contributed by atoms with Crippen molar-refractivity contribution in [3.63, 3.8) is 0 Å². The van der Waals surface area contributed by atoms with E-state index in [1.807, 2.05) is 0 Å². The molecule has 0 bridgehead atoms. The van der Waals surface area contributed by atoms with Crippen LogP contribution in [0.15, 0.2) is 6.20 Å². The van der Waals surface area contributed by atoms with Gasteiger partial charge in [-0.05, 0) is 31.2 Å². The van der Waals surface area contributed by atoms with Crippen molar-refractivity contribution < 1.29 is 4.92 Å². The van der Waals surface area contributed by atoms with Gasteiger partial charge in [-0.25, -0.2) is 4.98 Å². The quantitative estimate of drug-likeness (QED) is 0.631. The third kappa shape index (κ3) is 2.23. The fourth-order valence-electron chi connectivity index (χ4n) is 2.68. The first-order valence-corrected chi connectivity index (χ1v) is 6.00. The molecule has 0 saturated heterocycles. The van der Waals surface area contributed by atoms with Crippen LogP contribution < -0.4 is 5.73 Å². The third-order valence-corrected chi connectivity index (χ3v) is 3.60. The van der Waals surface area contributed by atoms with Gasteiger partial charge in [0.2, 0.25) is 5.82 Å². The number of nitrogens with zero attached hydrogens (tertiary/aromatic N) is 2. The van der Waals surface area contributed by atoms with Gasteiger partial charge < -0.3 is 5.73 Å². The standard InChI is InChI=1S/C12H17N3O2/c1-8-10(9-5-3-2-4-6-9)7-14-12(13)11(8)15(16)17/h7,9H,2-6H2,1H3,(H2,13,14). The van der Waals surface area contributed by atoms with Crippen molar-refractivity contribution in [1.82, 2.24) is 4.98 Å². The first-order chi connectivity index (χ1) is 8.11. The minimum Gasteiger partial charge on any atom is -0.378 e. The number of nitro groups is 1. The summed E-state index contributed by atoms with van der Waals surface area (Å²) in [5.74, 6) is 0.433. The molecule has 1 aromatic rings. The lowest BCUT2D eigenvalue weighted by Gasteiger charge is -2.23. The summed E-state index contributed by atoms with van der Waals surface area (Å²) in [4.78, 5) is 14.5. The number of pyridine rings is 1. The van der Waals surface area contributed by atoms with Crippen LogP contribution in [0.2, 0.25) is 0 Å². The molecule has 0 unspecified atom stereocenters. The van der Waals surface area contributed by atoms with E-state index in [0.29, 0.717) is 11.5 Å². The van der Waals surface area contributed by atoms with Crippen LogP contribution in [0.5, 0.6) is 0 Å². The van der Waals surface area contributed by atoms with E-state index >= 15 is 0 Å². The highest BCUT2D eigenvalue weighted by Crippen LogP contribution is 2.37. The Morgan fingerprint density at radius 1 is 1.41 bits per heavy atom. The fraction of sp³-hybridized carbons (Fsp3) is 0.583. The summed E-state index contributed by atoms with van der Waals surface area (Å²) < 4.78 is 0. The van der Waals surface area contributed by atoms with Crippen molar-refractivity contribution in [2.75, 3.05) is 5.73 Å². The largest absolute Gasteiger partial charge is 0.378 e. The highest BCUT2D eigenvalue weighted by atomic mass is 16.6. The van der Waals surface area contributed by atoms with Gasteiger partial charge >= 0.3 is 5.69 Å². The van der Waals surface area contributed by atoms with Gasteiger partial charge in [0.15, 0.2) is 0 Å². The van der Waals surface area contributed by atoms with Crippen LogP contribution >= 0.6 is 0 Å². The Bertz CT molecular complexity index is 440. The first-order valence-electron chi connectivity index (χ1n) is 6.00. The van der Waals surface area contributed by atoms with E-state index in [2.05, 4.69) is 4.98 Å². The van der Waals surface area contributed by atoms with Gasteiger partial charge in [0.25, 0.3) is 0 Å². The molecule has 0 spiro atoms. The normalized spacial score (nSPS) is 17.0. The Morgan fingerprint density at radius 2 is 2.06 bits per heavy atom. The zero-order valence-corrected chi connectivity index (χ0v) is 9.98. The molecule has 2 rings (SSSR count). The molecule has 0 radical (unpaired) electrons. The number of anilines is 1. The molecule has 92 valence electrons. The summed E-state index contributed by atoms with van der Waals surface area (Å²) in [6, 6.07) is 0. The Hall–Kier alpha value is -1.65. The maximum absolute atomic E-state index is 11.0. The topological polar surface area (TPSA) is 82.0 Å². The van der Waals surface area contributed by atoms with Crippen LogP contribution in [0, 0.1) is 17.0 Å². The van der Waals surface area contributed by atoms with E-state index in [1.54, 1.807) is 13.1 Å². The molecule has 1 aliphatic carbocycles. The monoisotopic (exact) mass is 235 g/mol. The van der Waals surface area contributed by atoms with Crippen molar-refractivity contribution in [2.45, 2.75) is 44.9 Å². The zero-order valence-electron chi connectivity index (χ0n) is 9.98. The van der Waals surface area contributed by atoms with Crippen molar-refractivity contribution in [2.24, 2.45) is 0 Å². The van der Waals surface area contributed by atoms with Crippen LogP contribution in [0.25, 0.3) is 0 Å². The highest BCUT2D eigenvalue weighted by molar-refractivity contribution is 5.59. The molecular weight excluding hydrogens is 218 g/mol. The van der Waals surface area contributed by atoms with Gasteiger partial charge in [0.05, 0.1) is 4.92 Å². The number of nitrogen functional groups attached to an aromatic ring is 1. The van der Waals surface area contributed by atoms with Gasteiger partial charge in [0, 0.05) is 11.8 Å². The maximum atomic E-state index is 11.0. The van der Waals surface area contributed by atoms with E-state index in [4.69, 9.17) is 5.73 Å². The van der Waals surface area contributed by atoms with Crippen molar-refractivity contribution in [3.05, 3.63) is 27.4 Å². The zero-order chi connectivity index (χ0) is 12.4. The molecule has 1 aromatic heterocycles. The Morgan fingerprint density at radius 3 is 2.65 bits per heavy atom. The summed E-state index contributed by atoms with van der Waals surface area (Å²) in [5.41, 5.74) is 7.24. The average molecular weight is 235 g/mol. The average Bonchev–Trinajstić information content (AvgIpc) is 2.30. The van der Waals surface area contributed by atoms with Crippen molar-refractivity contribution >= 4 is 11.5 Å². The summed E-state index contributed by atoms with van der Waals surface area (Å²) in [6.07, 6.45) is 7.57. The minimum atomic E-state index is -0.427. The SMILES string of the molecule is Cc1c(C2CCCCC2)cnc(N)c1[N+](=O)[O-]. The summed E-state index contributed by atoms with van der Waals surface area (Å²) in [5, 5.41) is 11.0. The van der Waals surface area contributed by atoms with Crippen molar-refractivity contribution in [1.29, 1.82) is 0 Å². The number of hydrogen-bond donors (Lipinski definition) is 1. The predicted molar refractivity (Wildman–Crippen MR) is 65.9 cm³/mol. The van der Waals surface area contributed by atoms with Gasteiger partial charge in [-0.3, -0.25) is 10.1 Å². The summed E-state index contributed by atoms with van der Waals surface area (Å²) in [6.45, 7) is 1.78. The van der Waals surface area contributed by atoms with Gasteiger partial charge in [-0.2, -0.15) is 0 Å². The van der Waals surface area contributed by atoms with E-state index in [0.717, 1.165) is 18.4 Å². The van der Waals surface area contributed by atoms with E-state index in [1.165, 1.54) is 19.3 Å². The molecule has 2 N–H and O–H groups in total. The Kier molecular flexibility index (Phi) is 3.26. The van der Waals surface area contributed by atoms with E-state index in [9.17, 15) is 10.1 Å². The Balaban J connectivity index is 2.41. The van der Waals surface area contributed by atoms with Gasteiger partial charge in [-0.15, -0.1) is 0 Å². The molecular formula is C12H17N3O2. The van der Waals surface area contributed by atoms with Crippen LogP contribution in [-0.4, -0.2) is 9.91 Å². The summed E-state index contributed by atoms with van der Waals surface area (Å²) in [7, 11) is 0. The maximum Gasteiger partial charge on any atom is 0.314 e. The number of rotatable bonds is 2. The van der Waals surface area contributed by atoms with Crippen LogP contribution in [-0.2, 0) is 0 Å². The molecule has 0 amide bonds. The van der Waals surface area contributed by atoms with E-state index in [-0.39, 0.29) is 11.5 Å². The number of hydrogen-bond acceptors (Lipinski definition) is 4. The number of aromatic nitrogens is 1. The second-order valence-electron chi connectivity index (χ2n) is 4.66. The predicted octanol–water partition coefficient (Wildman–Crippen LogP) is 2.93. The molecule has 0 atom stereocenters. The summed E-state index contributed by atoms with van der Waals surface area (Å²) >= 11 is 0. The van der Waals surface area contributed by atoms with Crippen molar-refractivity contribution in [3.8, 4) is 0 Å². The van der Waals surface area contributed by atoms with Crippen LogP contribution in [0.4, 0.5) is 11.5 Å². The molecule has 5 nitrogen and oxygen atoms in total. The lowest BCUT2D eigenvalue weighted by atomic mass is 9.83. The molecule has 1 aliphatic rings. The van der Waals surface area contributed by atoms with Crippen LogP contribution in [0.3, 0.4) is 0 Å². The first kappa shape index (κ1) is 11.8. The highest BCUT2D eigenvalue weighted by Gasteiger charge is 2.25. The second-order valence-corrected chi connectivity index (χ2v) is 4.66. The van der Waals surface area contributed by atoms with Gasteiger partial charge in [0.1, 0.15) is 0 Å². The lowest BCUT2D eigenvalue weighted by molar-refractivity contribution is -0.384. The molecule has 1 fully saturated rings. The minimum absolute atomic E-state index is 0.0203. The lowest BCUT2D eigenvalue weighted by Crippen LogP contribution is -2.10. The van der Waals surface area contributed by atoms with E-state index < -0.39 is 4.92 Å². The fourth-order valence-corrected chi connectivity index (χ4v) is 2.68. The molecule has 1 heterocycles. The number of nitrogens with two attached hydrogens (primary N) is 1. The molecule has 1 saturated carbocycles. The third-order valence-electron chi connectivity index (χ3n) is 3.60. The molecule has 17 heavy (non-hydrogen) atoms. The second kappa shape index (κ2) is 4.69. The molecule has 0 aliphatic heterocycles.